The lowest BCUT2D eigenvalue weighted by atomic mass is 10.1. The molecule has 0 radical (unpaired) electrons. The molecule has 0 fully saturated rings. The Labute approximate surface area is 170 Å². The fraction of sp³-hybridized carbons (Fsp3) is 0.350. The standard InChI is InChI=1S/C20H24N2O2.H2O4S/c1-14-7-5-6-8-17(14)13-24-20-19-18(9-10-21-20)15(2)16(3)22(19)11-12-23-4;1-5(2,3)4/h5-10H,11-13H2,1-4H3;(H2,1,2,3,4). The zero-order chi connectivity index (χ0) is 21.6. The van der Waals surface area contributed by atoms with Crippen LogP contribution in [-0.2, 0) is 28.3 Å². The molecule has 29 heavy (non-hydrogen) atoms. The van der Waals surface area contributed by atoms with Crippen LogP contribution in [-0.4, -0.2) is 40.8 Å². The van der Waals surface area contributed by atoms with Crippen molar-refractivity contribution >= 4 is 21.3 Å². The van der Waals surface area contributed by atoms with Crippen LogP contribution in [0.3, 0.4) is 0 Å². The van der Waals surface area contributed by atoms with Gasteiger partial charge in [0.25, 0.3) is 0 Å². The zero-order valence-electron chi connectivity index (χ0n) is 16.9. The van der Waals surface area contributed by atoms with Gasteiger partial charge < -0.3 is 14.0 Å². The van der Waals surface area contributed by atoms with E-state index in [1.807, 2.05) is 18.3 Å². The molecule has 0 saturated carbocycles. The second kappa shape index (κ2) is 9.84. The summed E-state index contributed by atoms with van der Waals surface area (Å²) in [4.78, 5) is 4.49. The monoisotopic (exact) mass is 422 g/mol. The first-order chi connectivity index (χ1) is 13.6. The summed E-state index contributed by atoms with van der Waals surface area (Å²) in [6.45, 7) is 8.35. The smallest absolute Gasteiger partial charge is 0.394 e. The second-order valence-electron chi connectivity index (χ2n) is 6.53. The summed E-state index contributed by atoms with van der Waals surface area (Å²) in [6, 6.07) is 10.3. The Morgan fingerprint density at radius 3 is 2.38 bits per heavy atom. The first-order valence-electron chi connectivity index (χ1n) is 8.94. The normalized spacial score (nSPS) is 11.2. The van der Waals surface area contributed by atoms with Crippen LogP contribution in [0.25, 0.3) is 10.9 Å². The highest BCUT2D eigenvalue weighted by atomic mass is 32.3. The van der Waals surface area contributed by atoms with Crippen LogP contribution in [0.1, 0.15) is 22.4 Å². The molecule has 0 aliphatic carbocycles. The fourth-order valence-corrected chi connectivity index (χ4v) is 3.05. The van der Waals surface area contributed by atoms with Gasteiger partial charge in [-0.2, -0.15) is 8.42 Å². The summed E-state index contributed by atoms with van der Waals surface area (Å²) < 4.78 is 45.2. The average Bonchev–Trinajstić information content (AvgIpc) is 2.89. The molecule has 0 aliphatic rings. The highest BCUT2D eigenvalue weighted by molar-refractivity contribution is 7.79. The summed E-state index contributed by atoms with van der Waals surface area (Å²) in [5, 5.41) is 1.19. The number of ether oxygens (including phenoxy) is 2. The summed E-state index contributed by atoms with van der Waals surface area (Å²) in [6.07, 6.45) is 1.82. The summed E-state index contributed by atoms with van der Waals surface area (Å²) in [7, 11) is -2.94. The zero-order valence-corrected chi connectivity index (χ0v) is 17.7. The Morgan fingerprint density at radius 2 is 1.76 bits per heavy atom. The molecular formula is C20H26N2O6S. The van der Waals surface area contributed by atoms with E-state index in [9.17, 15) is 0 Å². The molecule has 2 N–H and O–H groups in total. The van der Waals surface area contributed by atoms with Crippen molar-refractivity contribution in [2.24, 2.45) is 0 Å². The first kappa shape index (κ1) is 22.8. The van der Waals surface area contributed by atoms with Crippen LogP contribution in [0.2, 0.25) is 0 Å². The molecule has 0 aliphatic heterocycles. The van der Waals surface area contributed by atoms with Crippen molar-refractivity contribution in [3.8, 4) is 5.88 Å². The molecule has 1 aromatic carbocycles. The third-order valence-electron chi connectivity index (χ3n) is 4.66. The molecule has 2 aromatic heterocycles. The summed E-state index contributed by atoms with van der Waals surface area (Å²) in [5.41, 5.74) is 5.96. The molecule has 3 aromatic rings. The molecule has 0 spiro atoms. The molecule has 0 bridgehead atoms. The molecule has 0 unspecified atom stereocenters. The Bertz CT molecular complexity index is 1070. The third kappa shape index (κ3) is 6.26. The van der Waals surface area contributed by atoms with Gasteiger partial charge in [0, 0.05) is 30.9 Å². The van der Waals surface area contributed by atoms with Crippen molar-refractivity contribution in [2.75, 3.05) is 13.7 Å². The molecule has 0 saturated heterocycles. The number of pyridine rings is 1. The molecule has 8 nitrogen and oxygen atoms in total. The van der Waals surface area contributed by atoms with Crippen molar-refractivity contribution in [3.05, 3.63) is 58.9 Å². The Morgan fingerprint density at radius 1 is 1.10 bits per heavy atom. The average molecular weight is 423 g/mol. The Hall–Kier alpha value is -2.46. The Balaban J connectivity index is 0.000000537. The first-order valence-corrected chi connectivity index (χ1v) is 10.3. The minimum Gasteiger partial charge on any atom is -0.471 e. The quantitative estimate of drug-likeness (QED) is 0.585. The van der Waals surface area contributed by atoms with Crippen LogP contribution < -0.4 is 4.74 Å². The molecule has 3 rings (SSSR count). The highest BCUT2D eigenvalue weighted by Crippen LogP contribution is 2.31. The maximum atomic E-state index is 8.74. The van der Waals surface area contributed by atoms with Gasteiger partial charge in [0.2, 0.25) is 5.88 Å². The Kier molecular flexibility index (Phi) is 7.74. The second-order valence-corrected chi connectivity index (χ2v) is 7.43. The van der Waals surface area contributed by atoms with Gasteiger partial charge in [-0.25, -0.2) is 4.98 Å². The van der Waals surface area contributed by atoms with Crippen molar-refractivity contribution in [3.63, 3.8) is 0 Å². The number of fused-ring (bicyclic) bond motifs is 1. The van der Waals surface area contributed by atoms with Gasteiger partial charge in [-0.05, 0) is 43.5 Å². The van der Waals surface area contributed by atoms with Gasteiger partial charge in [0.1, 0.15) is 12.1 Å². The van der Waals surface area contributed by atoms with Gasteiger partial charge in [-0.3, -0.25) is 9.11 Å². The van der Waals surface area contributed by atoms with Crippen LogP contribution in [0, 0.1) is 20.8 Å². The molecule has 0 amide bonds. The van der Waals surface area contributed by atoms with E-state index in [4.69, 9.17) is 27.0 Å². The van der Waals surface area contributed by atoms with Crippen molar-refractivity contribution < 1.29 is 27.0 Å². The van der Waals surface area contributed by atoms with Crippen LogP contribution in [0.5, 0.6) is 5.88 Å². The van der Waals surface area contributed by atoms with E-state index >= 15 is 0 Å². The predicted molar refractivity (Wildman–Crippen MR) is 111 cm³/mol. The number of aromatic nitrogens is 2. The lowest BCUT2D eigenvalue weighted by molar-refractivity contribution is 0.187. The minimum absolute atomic E-state index is 0.520. The van der Waals surface area contributed by atoms with Crippen molar-refractivity contribution in [1.29, 1.82) is 0 Å². The van der Waals surface area contributed by atoms with E-state index in [1.165, 1.54) is 27.8 Å². The molecular weight excluding hydrogens is 396 g/mol. The lowest BCUT2D eigenvalue weighted by Gasteiger charge is -2.12. The van der Waals surface area contributed by atoms with E-state index in [2.05, 4.69) is 48.5 Å². The predicted octanol–water partition coefficient (Wildman–Crippen LogP) is 3.53. The molecule has 0 atom stereocenters. The van der Waals surface area contributed by atoms with Gasteiger partial charge >= 0.3 is 10.4 Å². The van der Waals surface area contributed by atoms with E-state index < -0.39 is 10.4 Å². The van der Waals surface area contributed by atoms with E-state index in [0.717, 1.165) is 12.1 Å². The topological polar surface area (TPSA) is 111 Å². The SMILES string of the molecule is COCCn1c(C)c(C)c2ccnc(OCc3ccccc3C)c21.O=S(=O)(O)O. The number of hydrogen-bond donors (Lipinski definition) is 2. The number of rotatable bonds is 6. The lowest BCUT2D eigenvalue weighted by Crippen LogP contribution is -2.08. The third-order valence-corrected chi connectivity index (χ3v) is 4.66. The number of methoxy groups -OCH3 is 1. The van der Waals surface area contributed by atoms with Gasteiger partial charge in [-0.15, -0.1) is 0 Å². The summed E-state index contributed by atoms with van der Waals surface area (Å²) in [5.74, 6) is 0.683. The number of aryl methyl sites for hydroxylation is 2. The maximum absolute atomic E-state index is 8.74. The van der Waals surface area contributed by atoms with Crippen molar-refractivity contribution in [2.45, 2.75) is 33.9 Å². The number of benzene rings is 1. The fourth-order valence-electron chi connectivity index (χ4n) is 3.05. The number of hydrogen-bond acceptors (Lipinski definition) is 5. The minimum atomic E-state index is -4.67. The largest absolute Gasteiger partial charge is 0.471 e. The maximum Gasteiger partial charge on any atom is 0.394 e. The highest BCUT2D eigenvalue weighted by Gasteiger charge is 2.16. The van der Waals surface area contributed by atoms with Crippen LogP contribution >= 0.6 is 0 Å². The van der Waals surface area contributed by atoms with Gasteiger partial charge in [-0.1, -0.05) is 24.3 Å². The van der Waals surface area contributed by atoms with Crippen LogP contribution in [0.15, 0.2) is 36.5 Å². The molecule has 158 valence electrons. The summed E-state index contributed by atoms with van der Waals surface area (Å²) >= 11 is 0. The van der Waals surface area contributed by atoms with Crippen LogP contribution in [0.4, 0.5) is 0 Å². The van der Waals surface area contributed by atoms with E-state index in [1.54, 1.807) is 7.11 Å². The van der Waals surface area contributed by atoms with Gasteiger partial charge in [0.15, 0.2) is 0 Å². The molecule has 9 heteroatoms. The number of nitrogens with zero attached hydrogens (tertiary/aromatic N) is 2. The van der Waals surface area contributed by atoms with E-state index in [-0.39, 0.29) is 0 Å². The van der Waals surface area contributed by atoms with Crippen molar-refractivity contribution in [1.82, 2.24) is 9.55 Å². The molecule has 2 heterocycles. The van der Waals surface area contributed by atoms with E-state index in [0.29, 0.717) is 19.1 Å². The van der Waals surface area contributed by atoms with Gasteiger partial charge in [0.05, 0.1) is 6.61 Å².